The molecule has 0 amide bonds. The molecule has 114 valence electrons. The number of nitrogens with one attached hydrogen (secondary N) is 1. The van der Waals surface area contributed by atoms with E-state index >= 15 is 0 Å². The van der Waals surface area contributed by atoms with Gasteiger partial charge >= 0.3 is 0 Å². The third kappa shape index (κ3) is 4.50. The average molecular weight is 303 g/mol. The highest BCUT2D eigenvalue weighted by Crippen LogP contribution is 2.28. The minimum atomic E-state index is 0.252. The summed E-state index contributed by atoms with van der Waals surface area (Å²) >= 11 is 1.88. The van der Waals surface area contributed by atoms with Gasteiger partial charge in [0.15, 0.2) is 0 Å². The lowest BCUT2D eigenvalue weighted by Crippen LogP contribution is -2.10. The van der Waals surface area contributed by atoms with Crippen molar-refractivity contribution in [3.8, 4) is 5.75 Å². The van der Waals surface area contributed by atoms with Crippen LogP contribution in [0.2, 0.25) is 0 Å². The first-order valence-electron chi connectivity index (χ1n) is 7.74. The molecule has 0 bridgehead atoms. The van der Waals surface area contributed by atoms with E-state index in [9.17, 15) is 0 Å². The Kier molecular flexibility index (Phi) is 5.68. The number of anilines is 1. The van der Waals surface area contributed by atoms with Crippen LogP contribution >= 0.6 is 11.3 Å². The molecule has 21 heavy (non-hydrogen) atoms. The minimum absolute atomic E-state index is 0.252. The summed E-state index contributed by atoms with van der Waals surface area (Å²) < 4.78 is 5.88. The smallest absolute Gasteiger partial charge is 0.121 e. The highest BCUT2D eigenvalue weighted by Gasteiger charge is 2.09. The van der Waals surface area contributed by atoms with Crippen LogP contribution in [0.5, 0.6) is 5.75 Å². The molecule has 2 unspecified atom stereocenters. The summed E-state index contributed by atoms with van der Waals surface area (Å²) in [4.78, 5) is 2.81. The third-order valence-corrected chi connectivity index (χ3v) is 5.00. The summed E-state index contributed by atoms with van der Waals surface area (Å²) in [5, 5.41) is 3.56. The summed E-state index contributed by atoms with van der Waals surface area (Å²) in [6.45, 7) is 8.63. The van der Waals surface area contributed by atoms with E-state index < -0.39 is 0 Å². The Morgan fingerprint density at radius 1 is 1.14 bits per heavy atom. The van der Waals surface area contributed by atoms with Crippen molar-refractivity contribution in [2.75, 3.05) is 5.32 Å². The number of aryl methyl sites for hydroxylation is 1. The van der Waals surface area contributed by atoms with Crippen molar-refractivity contribution in [3.05, 3.63) is 46.2 Å². The van der Waals surface area contributed by atoms with Crippen molar-refractivity contribution >= 4 is 17.0 Å². The first kappa shape index (κ1) is 15.9. The van der Waals surface area contributed by atoms with Gasteiger partial charge in [0.1, 0.15) is 5.75 Å². The van der Waals surface area contributed by atoms with Crippen LogP contribution in [0.4, 0.5) is 5.69 Å². The van der Waals surface area contributed by atoms with E-state index in [1.807, 2.05) is 23.5 Å². The highest BCUT2D eigenvalue weighted by atomic mass is 32.1. The molecular weight excluding hydrogens is 278 g/mol. The van der Waals surface area contributed by atoms with Crippen LogP contribution < -0.4 is 10.1 Å². The highest BCUT2D eigenvalue weighted by molar-refractivity contribution is 7.12. The maximum atomic E-state index is 5.88. The van der Waals surface area contributed by atoms with Gasteiger partial charge in [0.05, 0.1) is 12.1 Å². The number of benzene rings is 1. The number of hydrogen-bond donors (Lipinski definition) is 1. The van der Waals surface area contributed by atoms with Gasteiger partial charge in [-0.15, -0.1) is 11.3 Å². The fraction of sp³-hybridized carbons (Fsp3) is 0.444. The summed E-state index contributed by atoms with van der Waals surface area (Å²) in [5.74, 6) is 0.932. The van der Waals surface area contributed by atoms with Crippen LogP contribution in [0, 0.1) is 0 Å². The van der Waals surface area contributed by atoms with Crippen LogP contribution in [0.25, 0.3) is 0 Å². The van der Waals surface area contributed by atoms with Crippen molar-refractivity contribution in [1.82, 2.24) is 0 Å². The lowest BCUT2D eigenvalue weighted by molar-refractivity contribution is 0.217. The van der Waals surface area contributed by atoms with E-state index in [1.54, 1.807) is 0 Å². The van der Waals surface area contributed by atoms with Gasteiger partial charge in [0, 0.05) is 21.5 Å². The summed E-state index contributed by atoms with van der Waals surface area (Å²) in [5.41, 5.74) is 1.11. The molecule has 2 atom stereocenters. The molecule has 1 N–H and O–H groups in total. The van der Waals surface area contributed by atoms with Crippen LogP contribution in [0.15, 0.2) is 36.4 Å². The van der Waals surface area contributed by atoms with Gasteiger partial charge in [-0.25, -0.2) is 0 Å². The number of ether oxygens (including phenoxy) is 1. The van der Waals surface area contributed by atoms with E-state index in [2.05, 4.69) is 57.3 Å². The van der Waals surface area contributed by atoms with Crippen LogP contribution in [-0.4, -0.2) is 6.10 Å². The topological polar surface area (TPSA) is 21.3 Å². The first-order chi connectivity index (χ1) is 10.1. The normalized spacial score (nSPS) is 13.7. The predicted molar refractivity (Wildman–Crippen MR) is 92.6 cm³/mol. The molecule has 2 aromatic rings. The van der Waals surface area contributed by atoms with Gasteiger partial charge in [-0.05, 0) is 51.0 Å². The minimum Gasteiger partial charge on any atom is -0.491 e. The fourth-order valence-electron chi connectivity index (χ4n) is 2.11. The second-order valence-electron chi connectivity index (χ2n) is 5.39. The third-order valence-electron chi connectivity index (χ3n) is 3.59. The standard InChI is InChI=1S/C18H25NOS/c1-5-13(3)20-16-9-7-8-15(12-16)19-14(4)18-11-10-17(6-2)21-18/h7-14,19H,5-6H2,1-4H3. The average Bonchev–Trinajstić information content (AvgIpc) is 2.96. The Balaban J connectivity index is 2.03. The molecular formula is C18H25NOS. The van der Waals surface area contributed by atoms with Gasteiger partial charge in [-0.1, -0.05) is 19.9 Å². The van der Waals surface area contributed by atoms with E-state index in [0.29, 0.717) is 6.04 Å². The Morgan fingerprint density at radius 3 is 2.62 bits per heavy atom. The van der Waals surface area contributed by atoms with Gasteiger partial charge in [-0.2, -0.15) is 0 Å². The lowest BCUT2D eigenvalue weighted by Gasteiger charge is -2.16. The zero-order valence-corrected chi connectivity index (χ0v) is 14.2. The van der Waals surface area contributed by atoms with E-state index in [1.165, 1.54) is 9.75 Å². The molecule has 0 saturated carbocycles. The number of thiophene rings is 1. The van der Waals surface area contributed by atoms with Gasteiger partial charge in [-0.3, -0.25) is 0 Å². The molecule has 2 rings (SSSR count). The van der Waals surface area contributed by atoms with Crippen molar-refractivity contribution in [3.63, 3.8) is 0 Å². The van der Waals surface area contributed by atoms with Crippen molar-refractivity contribution < 1.29 is 4.74 Å². The molecule has 0 aliphatic heterocycles. The molecule has 2 nitrogen and oxygen atoms in total. The van der Waals surface area contributed by atoms with E-state index in [0.717, 1.165) is 24.3 Å². The lowest BCUT2D eigenvalue weighted by atomic mass is 10.2. The fourth-order valence-corrected chi connectivity index (χ4v) is 3.07. The predicted octanol–water partition coefficient (Wildman–Crippen LogP) is 5.66. The molecule has 0 aliphatic rings. The number of rotatable bonds is 7. The SMILES string of the molecule is CCc1ccc(C(C)Nc2cccc(OC(C)CC)c2)s1. The molecule has 0 radical (unpaired) electrons. The Morgan fingerprint density at radius 2 is 1.95 bits per heavy atom. The molecule has 0 fully saturated rings. The molecule has 1 aromatic heterocycles. The van der Waals surface area contributed by atoms with Gasteiger partial charge in [0.2, 0.25) is 0 Å². The van der Waals surface area contributed by atoms with Crippen molar-refractivity contribution in [2.24, 2.45) is 0 Å². The molecule has 1 aromatic carbocycles. The molecule has 1 heterocycles. The van der Waals surface area contributed by atoms with Crippen LogP contribution in [0.3, 0.4) is 0 Å². The van der Waals surface area contributed by atoms with Crippen molar-refractivity contribution in [1.29, 1.82) is 0 Å². The van der Waals surface area contributed by atoms with E-state index in [-0.39, 0.29) is 6.10 Å². The number of hydrogen-bond acceptors (Lipinski definition) is 3. The molecule has 3 heteroatoms. The van der Waals surface area contributed by atoms with Crippen LogP contribution in [0.1, 0.15) is 49.9 Å². The summed E-state index contributed by atoms with van der Waals surface area (Å²) in [6.07, 6.45) is 2.38. The van der Waals surface area contributed by atoms with E-state index in [4.69, 9.17) is 4.74 Å². The molecule has 0 spiro atoms. The van der Waals surface area contributed by atoms with Gasteiger partial charge < -0.3 is 10.1 Å². The Bertz CT molecular complexity index is 564. The Hall–Kier alpha value is -1.48. The second kappa shape index (κ2) is 7.51. The largest absolute Gasteiger partial charge is 0.491 e. The molecule has 0 aliphatic carbocycles. The summed E-state index contributed by atoms with van der Waals surface area (Å²) in [6, 6.07) is 13.0. The summed E-state index contributed by atoms with van der Waals surface area (Å²) in [7, 11) is 0. The maximum absolute atomic E-state index is 5.88. The monoisotopic (exact) mass is 303 g/mol. The first-order valence-corrected chi connectivity index (χ1v) is 8.55. The quantitative estimate of drug-likeness (QED) is 0.712. The van der Waals surface area contributed by atoms with Gasteiger partial charge in [0.25, 0.3) is 0 Å². The zero-order valence-electron chi connectivity index (χ0n) is 13.3. The zero-order chi connectivity index (χ0) is 15.2. The maximum Gasteiger partial charge on any atom is 0.121 e. The molecule has 0 saturated heterocycles. The second-order valence-corrected chi connectivity index (χ2v) is 6.59. The Labute approximate surface area is 132 Å². The van der Waals surface area contributed by atoms with Crippen molar-refractivity contribution in [2.45, 2.75) is 52.7 Å². The van der Waals surface area contributed by atoms with Crippen LogP contribution in [-0.2, 0) is 6.42 Å².